The summed E-state index contributed by atoms with van der Waals surface area (Å²) in [6.45, 7) is -0.0287. The quantitative estimate of drug-likeness (QED) is 0.693. The summed E-state index contributed by atoms with van der Waals surface area (Å²) in [6.07, 6.45) is 4.30. The first-order chi connectivity index (χ1) is 5.33. The van der Waals surface area contributed by atoms with Crippen LogP contribution in [0.3, 0.4) is 0 Å². The summed E-state index contributed by atoms with van der Waals surface area (Å²) >= 11 is 0. The maximum Gasteiger partial charge on any atom is 0.141 e. The Morgan fingerprint density at radius 1 is 1.55 bits per heavy atom. The zero-order valence-electron chi connectivity index (χ0n) is 5.87. The van der Waals surface area contributed by atoms with Gasteiger partial charge in [0.15, 0.2) is 0 Å². The van der Waals surface area contributed by atoms with Gasteiger partial charge in [-0.1, -0.05) is 6.08 Å². The average molecular weight is 153 g/mol. The van der Waals surface area contributed by atoms with Crippen molar-refractivity contribution < 1.29 is 9.50 Å². The van der Waals surface area contributed by atoms with Crippen molar-refractivity contribution in [2.24, 2.45) is 0 Å². The maximum atomic E-state index is 12.3. The largest absolute Gasteiger partial charge is 0.392 e. The molecule has 3 heteroatoms. The SMILES string of the molecule is OC/C=C/c1ccc(F)cn1. The van der Waals surface area contributed by atoms with E-state index in [4.69, 9.17) is 5.11 Å². The van der Waals surface area contributed by atoms with E-state index in [-0.39, 0.29) is 12.4 Å². The Labute approximate surface area is 64.0 Å². The fraction of sp³-hybridized carbons (Fsp3) is 0.125. The van der Waals surface area contributed by atoms with Crippen molar-refractivity contribution in [2.75, 3.05) is 6.61 Å². The van der Waals surface area contributed by atoms with Crippen LogP contribution in [0.2, 0.25) is 0 Å². The zero-order valence-corrected chi connectivity index (χ0v) is 5.87. The fourth-order valence-corrected chi connectivity index (χ4v) is 0.659. The molecule has 58 valence electrons. The number of aliphatic hydroxyl groups excluding tert-OH is 1. The van der Waals surface area contributed by atoms with E-state index in [2.05, 4.69) is 4.98 Å². The first kappa shape index (κ1) is 7.88. The van der Waals surface area contributed by atoms with E-state index in [9.17, 15) is 4.39 Å². The Hall–Kier alpha value is -1.22. The normalized spacial score (nSPS) is 10.7. The molecule has 0 bridgehead atoms. The summed E-state index contributed by atoms with van der Waals surface area (Å²) in [5.41, 5.74) is 0.639. The second kappa shape index (κ2) is 3.83. The summed E-state index contributed by atoms with van der Waals surface area (Å²) in [5.74, 6) is -0.355. The molecule has 0 aromatic carbocycles. The van der Waals surface area contributed by atoms with Crippen LogP contribution in [-0.2, 0) is 0 Å². The van der Waals surface area contributed by atoms with E-state index in [1.165, 1.54) is 6.07 Å². The van der Waals surface area contributed by atoms with Crippen LogP contribution in [-0.4, -0.2) is 16.7 Å². The predicted octanol–water partition coefficient (Wildman–Crippen LogP) is 1.23. The lowest BCUT2D eigenvalue weighted by atomic mass is 10.3. The molecule has 11 heavy (non-hydrogen) atoms. The van der Waals surface area contributed by atoms with Crippen LogP contribution in [0.5, 0.6) is 0 Å². The predicted molar refractivity (Wildman–Crippen MR) is 40.3 cm³/mol. The van der Waals surface area contributed by atoms with Gasteiger partial charge in [-0.25, -0.2) is 4.39 Å². The summed E-state index contributed by atoms with van der Waals surface area (Å²) < 4.78 is 12.3. The lowest BCUT2D eigenvalue weighted by Crippen LogP contribution is -1.81. The van der Waals surface area contributed by atoms with Gasteiger partial charge in [-0.3, -0.25) is 4.98 Å². The number of pyridine rings is 1. The molecule has 0 saturated heterocycles. The summed E-state index contributed by atoms with van der Waals surface area (Å²) in [4.78, 5) is 3.74. The highest BCUT2D eigenvalue weighted by atomic mass is 19.1. The molecular formula is C8H8FNO. The van der Waals surface area contributed by atoms with E-state index in [0.717, 1.165) is 6.20 Å². The van der Waals surface area contributed by atoms with Crippen LogP contribution in [0.15, 0.2) is 24.4 Å². The number of halogens is 1. The highest BCUT2D eigenvalue weighted by molar-refractivity contribution is 5.43. The Morgan fingerprint density at radius 2 is 2.36 bits per heavy atom. The molecule has 0 radical (unpaired) electrons. The van der Waals surface area contributed by atoms with Crippen LogP contribution in [0.4, 0.5) is 4.39 Å². The smallest absolute Gasteiger partial charge is 0.141 e. The standard InChI is InChI=1S/C8H8FNO/c9-7-3-4-8(10-6-7)2-1-5-11/h1-4,6,11H,5H2/b2-1+. The number of rotatable bonds is 2. The molecule has 1 heterocycles. The van der Waals surface area contributed by atoms with Crippen LogP contribution in [0, 0.1) is 5.82 Å². The molecule has 0 aliphatic rings. The van der Waals surface area contributed by atoms with Gasteiger partial charge < -0.3 is 5.11 Å². The van der Waals surface area contributed by atoms with Gasteiger partial charge in [-0.05, 0) is 18.2 Å². The van der Waals surface area contributed by atoms with E-state index < -0.39 is 0 Å². The maximum absolute atomic E-state index is 12.3. The van der Waals surface area contributed by atoms with Crippen molar-refractivity contribution in [3.63, 3.8) is 0 Å². The van der Waals surface area contributed by atoms with Gasteiger partial charge in [0.05, 0.1) is 18.5 Å². The van der Waals surface area contributed by atoms with Gasteiger partial charge in [0.1, 0.15) is 5.82 Å². The number of aliphatic hydroxyl groups is 1. The highest BCUT2D eigenvalue weighted by Gasteiger charge is 1.88. The molecule has 0 saturated carbocycles. The van der Waals surface area contributed by atoms with Gasteiger partial charge >= 0.3 is 0 Å². The minimum Gasteiger partial charge on any atom is -0.392 e. The van der Waals surface area contributed by atoms with Crippen LogP contribution >= 0.6 is 0 Å². The first-order valence-electron chi connectivity index (χ1n) is 3.22. The Morgan fingerprint density at radius 3 is 2.91 bits per heavy atom. The minimum atomic E-state index is -0.355. The third-order valence-corrected chi connectivity index (χ3v) is 1.14. The zero-order chi connectivity index (χ0) is 8.10. The van der Waals surface area contributed by atoms with E-state index in [1.807, 2.05) is 0 Å². The Kier molecular flexibility index (Phi) is 2.74. The van der Waals surface area contributed by atoms with Crippen molar-refractivity contribution in [2.45, 2.75) is 0 Å². The number of hydrogen-bond acceptors (Lipinski definition) is 2. The number of nitrogens with zero attached hydrogens (tertiary/aromatic N) is 1. The lowest BCUT2D eigenvalue weighted by molar-refractivity contribution is 0.343. The van der Waals surface area contributed by atoms with Crippen LogP contribution < -0.4 is 0 Å². The van der Waals surface area contributed by atoms with Crippen molar-refractivity contribution in [1.29, 1.82) is 0 Å². The molecule has 0 fully saturated rings. The fourth-order valence-electron chi connectivity index (χ4n) is 0.659. The molecule has 1 N–H and O–H groups in total. The van der Waals surface area contributed by atoms with Crippen molar-refractivity contribution in [1.82, 2.24) is 4.98 Å². The van der Waals surface area contributed by atoms with E-state index in [0.29, 0.717) is 5.69 Å². The van der Waals surface area contributed by atoms with Crippen LogP contribution in [0.25, 0.3) is 6.08 Å². The first-order valence-corrected chi connectivity index (χ1v) is 3.22. The van der Waals surface area contributed by atoms with Gasteiger partial charge in [0, 0.05) is 0 Å². The van der Waals surface area contributed by atoms with E-state index in [1.54, 1.807) is 18.2 Å². The molecule has 2 nitrogen and oxygen atoms in total. The Balaban J connectivity index is 2.73. The third-order valence-electron chi connectivity index (χ3n) is 1.14. The molecule has 1 aromatic rings. The molecule has 0 aliphatic heterocycles. The third kappa shape index (κ3) is 2.47. The molecule has 0 spiro atoms. The molecule has 1 aromatic heterocycles. The molecule has 0 atom stereocenters. The monoisotopic (exact) mass is 153 g/mol. The number of aromatic nitrogens is 1. The van der Waals surface area contributed by atoms with Gasteiger partial charge in [0.25, 0.3) is 0 Å². The molecule has 0 unspecified atom stereocenters. The second-order valence-corrected chi connectivity index (χ2v) is 1.99. The van der Waals surface area contributed by atoms with E-state index >= 15 is 0 Å². The lowest BCUT2D eigenvalue weighted by Gasteiger charge is -1.90. The van der Waals surface area contributed by atoms with Crippen molar-refractivity contribution >= 4 is 6.08 Å². The number of hydrogen-bond donors (Lipinski definition) is 1. The topological polar surface area (TPSA) is 33.1 Å². The van der Waals surface area contributed by atoms with Crippen molar-refractivity contribution in [3.05, 3.63) is 35.9 Å². The van der Waals surface area contributed by atoms with Crippen molar-refractivity contribution in [3.8, 4) is 0 Å². The minimum absolute atomic E-state index is 0.0287. The summed E-state index contributed by atoms with van der Waals surface area (Å²) in [6, 6.07) is 2.87. The summed E-state index contributed by atoms with van der Waals surface area (Å²) in [7, 11) is 0. The van der Waals surface area contributed by atoms with Gasteiger partial charge in [-0.15, -0.1) is 0 Å². The second-order valence-electron chi connectivity index (χ2n) is 1.99. The molecular weight excluding hydrogens is 145 g/mol. The average Bonchev–Trinajstić information content (AvgIpc) is 2.04. The molecule has 1 rings (SSSR count). The molecule has 0 amide bonds. The van der Waals surface area contributed by atoms with Gasteiger partial charge in [-0.2, -0.15) is 0 Å². The van der Waals surface area contributed by atoms with Gasteiger partial charge in [0.2, 0.25) is 0 Å². The van der Waals surface area contributed by atoms with Crippen LogP contribution in [0.1, 0.15) is 5.69 Å². The molecule has 0 aliphatic carbocycles. The Bertz CT molecular complexity index is 243. The summed E-state index contributed by atoms with van der Waals surface area (Å²) in [5, 5.41) is 8.39. The highest BCUT2D eigenvalue weighted by Crippen LogP contribution is 1.99.